The van der Waals surface area contributed by atoms with Gasteiger partial charge in [-0.15, -0.1) is 11.1 Å². The van der Waals surface area contributed by atoms with Crippen LogP contribution >= 0.6 is 0 Å². The summed E-state index contributed by atoms with van der Waals surface area (Å²) in [6.45, 7) is 14.2. The molecule has 0 heterocycles. The van der Waals surface area contributed by atoms with E-state index in [1.807, 2.05) is 12.1 Å². The fourth-order valence-corrected chi connectivity index (χ4v) is 6.57. The summed E-state index contributed by atoms with van der Waals surface area (Å²) in [7, 11) is 3.34. The van der Waals surface area contributed by atoms with Crippen LogP contribution in [-0.2, 0) is 137 Å². The van der Waals surface area contributed by atoms with Gasteiger partial charge in [-0.2, -0.15) is 59.7 Å². The molecule has 0 spiro atoms. The first kappa shape index (κ1) is 59.1. The molecule has 16 heteroatoms. The zero-order valence-corrected chi connectivity index (χ0v) is 42.7. The Kier molecular flexibility index (Phi) is 41.4. The number of ether oxygens (including phenoxy) is 14. The molecule has 0 N–H and O–H groups in total. The Morgan fingerprint density at radius 3 is 0.820 bits per heavy atom. The van der Waals surface area contributed by atoms with Crippen molar-refractivity contribution >= 4 is 0 Å². The van der Waals surface area contributed by atoms with E-state index < -0.39 is 0 Å². The van der Waals surface area contributed by atoms with E-state index in [1.165, 1.54) is 22.3 Å². The van der Waals surface area contributed by atoms with Gasteiger partial charge in [0.05, 0.1) is 159 Å². The zero-order chi connectivity index (χ0) is 41.6. The largest absolute Gasteiger partial charge is 0.382 e. The number of hydrogen-bond donors (Lipinski definition) is 0. The molecule has 0 aliphatic heterocycles. The maximum atomic E-state index is 5.97. The van der Waals surface area contributed by atoms with Crippen molar-refractivity contribution in [3.8, 4) is 11.1 Å². The minimum Gasteiger partial charge on any atom is -0.382 e. The van der Waals surface area contributed by atoms with Gasteiger partial charge in [0.2, 0.25) is 0 Å². The molecule has 2 aromatic rings. The average Bonchev–Trinajstić information content (AvgIpc) is 3.54. The van der Waals surface area contributed by atoms with Crippen LogP contribution in [0.3, 0.4) is 0 Å². The van der Waals surface area contributed by atoms with Crippen LogP contribution in [0.4, 0.5) is 0 Å². The van der Waals surface area contributed by atoms with Crippen LogP contribution in [0.15, 0.2) is 36.4 Å². The second-order valence-corrected chi connectivity index (χ2v) is 13.6. The van der Waals surface area contributed by atoms with Crippen LogP contribution in [0.5, 0.6) is 0 Å². The van der Waals surface area contributed by atoms with Crippen LogP contribution in [0.2, 0.25) is 0 Å². The number of hydrogen-bond acceptors (Lipinski definition) is 14. The Morgan fingerprint density at radius 2 is 0.574 bits per heavy atom. The topological polar surface area (TPSA) is 129 Å². The van der Waals surface area contributed by atoms with Gasteiger partial charge in [0, 0.05) is 92.9 Å². The maximum absolute atomic E-state index is 5.97. The molecule has 2 aromatic carbocycles. The second-order valence-electron chi connectivity index (χ2n) is 13.6. The number of benzene rings is 2. The molecule has 0 bridgehead atoms. The first-order valence-corrected chi connectivity index (χ1v) is 21.3. The van der Waals surface area contributed by atoms with E-state index in [2.05, 4.69) is 36.4 Å². The van der Waals surface area contributed by atoms with E-state index in [0.717, 1.165) is 25.7 Å². The van der Waals surface area contributed by atoms with Crippen LogP contribution in [-0.4, -0.2) is 186 Å². The standard InChI is InChI=1S/C45H72O14.2Y/c1-46-17-19-48-15-7-13-45(43-11-5-3-9-41(43)42-10-4-6-12-44(42)45)14-8-16-49-21-22-51-25-26-53-29-30-55-33-34-57-37-38-59-40-39-58-36-35-56-32-31-54-28-27-52-24-23-50-20-18-47-2;;/h3-4,9-12H,7-8,13-40H2,1-2H3;;/q-2;;. The molecule has 0 saturated carbocycles. The van der Waals surface area contributed by atoms with Crippen molar-refractivity contribution in [3.63, 3.8) is 0 Å². The van der Waals surface area contributed by atoms with Crippen LogP contribution in [0, 0.1) is 12.1 Å². The fourth-order valence-electron chi connectivity index (χ4n) is 6.57. The van der Waals surface area contributed by atoms with Gasteiger partial charge >= 0.3 is 0 Å². The molecule has 0 saturated heterocycles. The van der Waals surface area contributed by atoms with Gasteiger partial charge in [-0.25, -0.2) is 0 Å². The minimum atomic E-state index is -0.0992. The van der Waals surface area contributed by atoms with Gasteiger partial charge < -0.3 is 66.3 Å². The molecule has 344 valence electrons. The van der Waals surface area contributed by atoms with Crippen molar-refractivity contribution < 1.29 is 132 Å². The van der Waals surface area contributed by atoms with Gasteiger partial charge in [0.1, 0.15) is 0 Å². The van der Waals surface area contributed by atoms with Crippen molar-refractivity contribution in [1.82, 2.24) is 0 Å². The second kappa shape index (κ2) is 42.7. The molecule has 2 radical (unpaired) electrons. The summed E-state index contributed by atoms with van der Waals surface area (Å²) < 4.78 is 77.0. The third-order valence-electron chi connectivity index (χ3n) is 9.42. The molecule has 0 fully saturated rings. The molecule has 1 aliphatic rings. The van der Waals surface area contributed by atoms with E-state index >= 15 is 0 Å². The van der Waals surface area contributed by atoms with E-state index in [9.17, 15) is 0 Å². The quantitative estimate of drug-likeness (QED) is 0.0678. The Balaban J connectivity index is 0.00000930. The maximum Gasteiger partial charge on any atom is 0.0701 e. The Labute approximate surface area is 416 Å². The molecule has 0 aromatic heterocycles. The fraction of sp³-hybridized carbons (Fsp3) is 0.733. The predicted octanol–water partition coefficient (Wildman–Crippen LogP) is 4.60. The van der Waals surface area contributed by atoms with Crippen molar-refractivity contribution in [1.29, 1.82) is 0 Å². The van der Waals surface area contributed by atoms with Crippen molar-refractivity contribution in [2.24, 2.45) is 0 Å². The summed E-state index contributed by atoms with van der Waals surface area (Å²) in [5.74, 6) is 0. The molecular formula is C45H72O14Y2-2. The summed E-state index contributed by atoms with van der Waals surface area (Å²) in [4.78, 5) is 0. The molecular weight excluding hydrogens is 942 g/mol. The summed E-state index contributed by atoms with van der Waals surface area (Å²) in [5.41, 5.74) is 5.20. The normalized spacial score (nSPS) is 12.6. The first-order chi connectivity index (χ1) is 29.3. The number of rotatable bonds is 44. The van der Waals surface area contributed by atoms with E-state index in [4.69, 9.17) is 66.3 Å². The smallest absolute Gasteiger partial charge is 0.0701 e. The summed E-state index contributed by atoms with van der Waals surface area (Å²) >= 11 is 0. The van der Waals surface area contributed by atoms with E-state index in [0.29, 0.717) is 172 Å². The SMILES string of the molecule is COCCOCCCC1(CCCOCCOCCOCCOCCOCCOCCOCCOCCOCCOCCOCCOC)c2c[c-]ccc2-c2cc[c-]cc21.[Y].[Y]. The van der Waals surface area contributed by atoms with Crippen LogP contribution in [0.1, 0.15) is 36.8 Å². The number of fused-ring (bicyclic) bond motifs is 3. The minimum absolute atomic E-state index is 0. The zero-order valence-electron chi connectivity index (χ0n) is 37.0. The van der Waals surface area contributed by atoms with Gasteiger partial charge in [0.25, 0.3) is 0 Å². The van der Waals surface area contributed by atoms with Crippen LogP contribution < -0.4 is 0 Å². The average molecular weight is 1010 g/mol. The summed E-state index contributed by atoms with van der Waals surface area (Å²) in [5, 5.41) is 0. The first-order valence-electron chi connectivity index (χ1n) is 21.3. The van der Waals surface area contributed by atoms with E-state index in [1.54, 1.807) is 14.2 Å². The van der Waals surface area contributed by atoms with Crippen molar-refractivity contribution in [3.05, 3.63) is 59.7 Å². The molecule has 0 amide bonds. The van der Waals surface area contributed by atoms with Crippen molar-refractivity contribution in [2.75, 3.05) is 186 Å². The van der Waals surface area contributed by atoms with Gasteiger partial charge in [-0.3, -0.25) is 0 Å². The Morgan fingerprint density at radius 1 is 0.344 bits per heavy atom. The molecule has 0 unspecified atom stereocenters. The monoisotopic (exact) mass is 1010 g/mol. The summed E-state index contributed by atoms with van der Waals surface area (Å²) in [6, 6.07) is 19.4. The van der Waals surface area contributed by atoms with Gasteiger partial charge in [0.15, 0.2) is 0 Å². The Hall–Kier alpha value is 0.0878. The van der Waals surface area contributed by atoms with E-state index in [-0.39, 0.29) is 70.8 Å². The molecule has 3 rings (SSSR count). The predicted molar refractivity (Wildman–Crippen MR) is 222 cm³/mol. The third-order valence-corrected chi connectivity index (χ3v) is 9.42. The molecule has 1 aliphatic carbocycles. The third kappa shape index (κ3) is 27.4. The van der Waals surface area contributed by atoms with Gasteiger partial charge in [-0.1, -0.05) is 18.3 Å². The summed E-state index contributed by atoms with van der Waals surface area (Å²) in [6.07, 6.45) is 3.87. The van der Waals surface area contributed by atoms with Gasteiger partial charge in [-0.05, 0) is 12.8 Å². The molecule has 14 nitrogen and oxygen atoms in total. The number of methoxy groups -OCH3 is 2. The van der Waals surface area contributed by atoms with Crippen molar-refractivity contribution in [2.45, 2.75) is 31.1 Å². The Bertz CT molecular complexity index is 1200. The molecule has 61 heavy (non-hydrogen) atoms. The molecule has 0 atom stereocenters. The van der Waals surface area contributed by atoms with Crippen LogP contribution in [0.25, 0.3) is 11.1 Å².